The van der Waals surface area contributed by atoms with Crippen molar-refractivity contribution in [2.24, 2.45) is 0 Å². The number of aryl methyl sites for hydroxylation is 1. The van der Waals surface area contributed by atoms with Crippen molar-refractivity contribution in [2.45, 2.75) is 20.3 Å². The predicted molar refractivity (Wildman–Crippen MR) is 45.2 cm³/mol. The van der Waals surface area contributed by atoms with Crippen LogP contribution in [0.2, 0.25) is 0 Å². The van der Waals surface area contributed by atoms with E-state index < -0.39 is 0 Å². The van der Waals surface area contributed by atoms with Crippen molar-refractivity contribution < 1.29 is 4.39 Å². The fourth-order valence-corrected chi connectivity index (χ4v) is 1.34. The fraction of sp³-hybridized carbons (Fsp3) is 0.300. The quantitative estimate of drug-likeness (QED) is 0.624. The van der Waals surface area contributed by atoms with Gasteiger partial charge < -0.3 is 0 Å². The molecule has 0 radical (unpaired) electrons. The first-order chi connectivity index (χ1) is 5.69. The summed E-state index contributed by atoms with van der Waals surface area (Å²) in [4.78, 5) is 0. The van der Waals surface area contributed by atoms with Gasteiger partial charge in [0.25, 0.3) is 0 Å². The molecule has 0 aliphatic heterocycles. The summed E-state index contributed by atoms with van der Waals surface area (Å²) in [6.07, 6.45) is 0.773. The van der Waals surface area contributed by atoms with Crippen LogP contribution < -0.4 is 0 Å². The lowest BCUT2D eigenvalue weighted by Crippen LogP contribution is -1.93. The highest BCUT2D eigenvalue weighted by atomic mass is 19.1. The van der Waals surface area contributed by atoms with Gasteiger partial charge in [-0.2, -0.15) is 5.26 Å². The number of hydrogen-bond donors (Lipinski definition) is 0. The standard InChI is InChI=1S/C10H10FN/c1-3-10-7(2)4-9(11)5-8(10)6-12/h4-5H,3H2,1-2H3. The monoisotopic (exact) mass is 163 g/mol. The van der Waals surface area contributed by atoms with Crippen molar-refractivity contribution >= 4 is 0 Å². The molecule has 2 heteroatoms. The molecule has 1 nitrogen and oxygen atoms in total. The van der Waals surface area contributed by atoms with Crippen LogP contribution in [0.1, 0.15) is 23.6 Å². The molecule has 0 saturated carbocycles. The van der Waals surface area contributed by atoms with Gasteiger partial charge in [-0.25, -0.2) is 4.39 Å². The maximum absolute atomic E-state index is 12.8. The zero-order valence-electron chi connectivity index (χ0n) is 7.19. The summed E-state index contributed by atoms with van der Waals surface area (Å²) >= 11 is 0. The van der Waals surface area contributed by atoms with Gasteiger partial charge in [-0.05, 0) is 36.6 Å². The zero-order chi connectivity index (χ0) is 9.14. The minimum absolute atomic E-state index is 0.332. The third kappa shape index (κ3) is 1.45. The molecule has 0 saturated heterocycles. The first-order valence-electron chi connectivity index (χ1n) is 3.88. The summed E-state index contributed by atoms with van der Waals surface area (Å²) in [6, 6.07) is 4.73. The van der Waals surface area contributed by atoms with Gasteiger partial charge in [0.05, 0.1) is 11.6 Å². The Bertz CT molecular complexity index is 336. The number of benzene rings is 1. The normalized spacial score (nSPS) is 9.50. The van der Waals surface area contributed by atoms with Crippen LogP contribution in [0.15, 0.2) is 12.1 Å². The number of nitrogens with zero attached hydrogens (tertiary/aromatic N) is 1. The lowest BCUT2D eigenvalue weighted by atomic mass is 10.0. The Balaban J connectivity index is 3.36. The highest BCUT2D eigenvalue weighted by Gasteiger charge is 2.05. The molecule has 0 aliphatic rings. The topological polar surface area (TPSA) is 23.8 Å². The highest BCUT2D eigenvalue weighted by Crippen LogP contribution is 2.16. The first kappa shape index (κ1) is 8.73. The third-order valence-electron chi connectivity index (χ3n) is 1.91. The van der Waals surface area contributed by atoms with Crippen molar-refractivity contribution in [3.8, 4) is 6.07 Å². The summed E-state index contributed by atoms with van der Waals surface area (Å²) < 4.78 is 12.8. The molecule has 0 aliphatic carbocycles. The average molecular weight is 163 g/mol. The van der Waals surface area contributed by atoms with Crippen LogP contribution in [0, 0.1) is 24.1 Å². The minimum atomic E-state index is -0.332. The second-order valence-electron chi connectivity index (χ2n) is 2.71. The van der Waals surface area contributed by atoms with E-state index in [-0.39, 0.29) is 5.82 Å². The van der Waals surface area contributed by atoms with E-state index in [4.69, 9.17) is 5.26 Å². The van der Waals surface area contributed by atoms with E-state index in [9.17, 15) is 4.39 Å². The van der Waals surface area contributed by atoms with Gasteiger partial charge >= 0.3 is 0 Å². The van der Waals surface area contributed by atoms with Gasteiger partial charge in [0.15, 0.2) is 0 Å². The molecule has 0 aromatic heterocycles. The van der Waals surface area contributed by atoms with Crippen LogP contribution in [0.3, 0.4) is 0 Å². The fourth-order valence-electron chi connectivity index (χ4n) is 1.34. The summed E-state index contributed by atoms with van der Waals surface area (Å²) in [7, 11) is 0. The number of hydrogen-bond acceptors (Lipinski definition) is 1. The smallest absolute Gasteiger partial charge is 0.124 e. The lowest BCUT2D eigenvalue weighted by Gasteiger charge is -2.04. The summed E-state index contributed by atoms with van der Waals surface area (Å²) in [5.74, 6) is -0.332. The van der Waals surface area contributed by atoms with E-state index in [0.717, 1.165) is 17.5 Å². The Morgan fingerprint density at radius 1 is 1.50 bits per heavy atom. The molecule has 1 aromatic rings. The second-order valence-corrected chi connectivity index (χ2v) is 2.71. The van der Waals surface area contributed by atoms with Gasteiger partial charge in [0.2, 0.25) is 0 Å². The zero-order valence-corrected chi connectivity index (χ0v) is 7.19. The predicted octanol–water partition coefficient (Wildman–Crippen LogP) is 2.57. The molecule has 0 unspecified atom stereocenters. The molecule has 0 heterocycles. The molecule has 62 valence electrons. The largest absolute Gasteiger partial charge is 0.207 e. The first-order valence-corrected chi connectivity index (χ1v) is 3.88. The lowest BCUT2D eigenvalue weighted by molar-refractivity contribution is 0.625. The van der Waals surface area contributed by atoms with Gasteiger partial charge in [-0.3, -0.25) is 0 Å². The maximum Gasteiger partial charge on any atom is 0.124 e. The summed E-state index contributed by atoms with van der Waals surface area (Å²) in [5.41, 5.74) is 2.25. The molecule has 1 aromatic carbocycles. The minimum Gasteiger partial charge on any atom is -0.207 e. The molecule has 0 N–H and O–H groups in total. The van der Waals surface area contributed by atoms with E-state index in [2.05, 4.69) is 0 Å². The SMILES string of the molecule is CCc1c(C)cc(F)cc1C#N. The summed E-state index contributed by atoms with van der Waals surface area (Å²) in [5, 5.41) is 8.68. The van der Waals surface area contributed by atoms with Crippen molar-refractivity contribution in [2.75, 3.05) is 0 Å². The average Bonchev–Trinajstić information content (AvgIpc) is 2.03. The Morgan fingerprint density at radius 2 is 2.17 bits per heavy atom. The van der Waals surface area contributed by atoms with E-state index in [1.165, 1.54) is 12.1 Å². The molecule has 12 heavy (non-hydrogen) atoms. The van der Waals surface area contributed by atoms with Gasteiger partial charge in [-0.1, -0.05) is 6.92 Å². The van der Waals surface area contributed by atoms with Crippen LogP contribution in [0.5, 0.6) is 0 Å². The number of nitriles is 1. The van der Waals surface area contributed by atoms with Crippen molar-refractivity contribution in [1.82, 2.24) is 0 Å². The van der Waals surface area contributed by atoms with Gasteiger partial charge in [0, 0.05) is 0 Å². The van der Waals surface area contributed by atoms with Crippen LogP contribution in [-0.2, 0) is 6.42 Å². The van der Waals surface area contributed by atoms with Crippen LogP contribution >= 0.6 is 0 Å². The molecule has 0 amide bonds. The Morgan fingerprint density at radius 3 is 2.67 bits per heavy atom. The molecule has 1 rings (SSSR count). The van der Waals surface area contributed by atoms with Crippen molar-refractivity contribution in [3.05, 3.63) is 34.6 Å². The molecule has 0 bridgehead atoms. The highest BCUT2D eigenvalue weighted by molar-refractivity contribution is 5.42. The van der Waals surface area contributed by atoms with Crippen molar-refractivity contribution in [1.29, 1.82) is 5.26 Å². The van der Waals surface area contributed by atoms with Crippen LogP contribution in [0.25, 0.3) is 0 Å². The molecule has 0 spiro atoms. The second kappa shape index (κ2) is 3.36. The van der Waals surface area contributed by atoms with Gasteiger partial charge in [0.1, 0.15) is 5.82 Å². The molecular formula is C10H10FN. The molecular weight excluding hydrogens is 153 g/mol. The van der Waals surface area contributed by atoms with Gasteiger partial charge in [-0.15, -0.1) is 0 Å². The molecule has 0 fully saturated rings. The van der Waals surface area contributed by atoms with Crippen LogP contribution in [0.4, 0.5) is 4.39 Å². The van der Waals surface area contributed by atoms with Crippen molar-refractivity contribution in [3.63, 3.8) is 0 Å². The Hall–Kier alpha value is -1.36. The Labute approximate surface area is 71.4 Å². The van der Waals surface area contributed by atoms with E-state index in [1.807, 2.05) is 19.9 Å². The maximum atomic E-state index is 12.8. The Kier molecular flexibility index (Phi) is 2.44. The number of rotatable bonds is 1. The van der Waals surface area contributed by atoms with E-state index in [0.29, 0.717) is 5.56 Å². The van der Waals surface area contributed by atoms with E-state index >= 15 is 0 Å². The van der Waals surface area contributed by atoms with E-state index in [1.54, 1.807) is 0 Å². The van der Waals surface area contributed by atoms with Crippen LogP contribution in [-0.4, -0.2) is 0 Å². The number of halogens is 1. The molecule has 0 atom stereocenters. The summed E-state index contributed by atoms with van der Waals surface area (Å²) in [6.45, 7) is 3.78. The third-order valence-corrected chi connectivity index (χ3v) is 1.91.